The van der Waals surface area contributed by atoms with Gasteiger partial charge < -0.3 is 10.5 Å². The lowest BCUT2D eigenvalue weighted by molar-refractivity contribution is -0.137. The minimum Gasteiger partial charge on any atom is -0.497 e. The Morgan fingerprint density at radius 1 is 1.04 bits per heavy atom. The van der Waals surface area contributed by atoms with E-state index < -0.39 is 28.7 Å². The van der Waals surface area contributed by atoms with Crippen molar-refractivity contribution in [1.82, 2.24) is 9.13 Å². The summed E-state index contributed by atoms with van der Waals surface area (Å²) in [6.45, 7) is -0.129. The number of aromatic nitrogens is 2. The van der Waals surface area contributed by atoms with Gasteiger partial charge in [0.2, 0.25) is 0 Å². The van der Waals surface area contributed by atoms with Crippen molar-refractivity contribution in [2.24, 2.45) is 0 Å². The molecule has 0 aliphatic carbocycles. The lowest BCUT2D eigenvalue weighted by Gasteiger charge is -2.17. The molecule has 0 fully saturated rings. The first-order valence-electron chi connectivity index (χ1n) is 8.14. The normalized spacial score (nSPS) is 11.4. The highest BCUT2D eigenvalue weighted by molar-refractivity contribution is 5.48. The van der Waals surface area contributed by atoms with Crippen LogP contribution in [-0.4, -0.2) is 16.2 Å². The van der Waals surface area contributed by atoms with Crippen molar-refractivity contribution < 1.29 is 17.9 Å². The maximum Gasteiger partial charge on any atom is 0.418 e. The van der Waals surface area contributed by atoms with E-state index in [4.69, 9.17) is 10.5 Å². The van der Waals surface area contributed by atoms with Crippen LogP contribution < -0.4 is 21.7 Å². The van der Waals surface area contributed by atoms with E-state index in [0.29, 0.717) is 15.9 Å². The summed E-state index contributed by atoms with van der Waals surface area (Å²) in [5.74, 6) is 0.211. The van der Waals surface area contributed by atoms with Gasteiger partial charge in [-0.15, -0.1) is 0 Å². The number of nitrogens with zero attached hydrogens (tertiary/aromatic N) is 2. The molecule has 0 atom stereocenters. The van der Waals surface area contributed by atoms with E-state index in [1.807, 2.05) is 0 Å². The van der Waals surface area contributed by atoms with E-state index in [9.17, 15) is 22.8 Å². The molecule has 9 heteroatoms. The van der Waals surface area contributed by atoms with Gasteiger partial charge in [-0.1, -0.05) is 24.3 Å². The molecular formula is C19H16F3N3O3. The Bertz CT molecular complexity index is 1120. The summed E-state index contributed by atoms with van der Waals surface area (Å²) in [7, 11) is 1.50. The first kappa shape index (κ1) is 19.3. The molecule has 0 radical (unpaired) electrons. The molecule has 0 aliphatic rings. The maximum atomic E-state index is 13.4. The summed E-state index contributed by atoms with van der Waals surface area (Å²) in [5, 5.41) is 0. The van der Waals surface area contributed by atoms with Crippen molar-refractivity contribution >= 4 is 5.82 Å². The Morgan fingerprint density at radius 2 is 1.68 bits per heavy atom. The third kappa shape index (κ3) is 3.64. The fraction of sp³-hybridized carbons (Fsp3) is 0.158. The van der Waals surface area contributed by atoms with Crippen LogP contribution in [0, 0.1) is 0 Å². The lowest BCUT2D eigenvalue weighted by Crippen LogP contribution is -2.40. The third-order valence-corrected chi connectivity index (χ3v) is 4.17. The van der Waals surface area contributed by atoms with E-state index >= 15 is 0 Å². The summed E-state index contributed by atoms with van der Waals surface area (Å²) in [6, 6.07) is 12.1. The summed E-state index contributed by atoms with van der Waals surface area (Å²) in [4.78, 5) is 25.1. The van der Waals surface area contributed by atoms with Crippen molar-refractivity contribution in [2.45, 2.75) is 12.7 Å². The second-order valence-electron chi connectivity index (χ2n) is 5.97. The van der Waals surface area contributed by atoms with Crippen LogP contribution in [0.15, 0.2) is 64.2 Å². The third-order valence-electron chi connectivity index (χ3n) is 4.17. The molecule has 0 saturated carbocycles. The molecule has 6 nitrogen and oxygen atoms in total. The van der Waals surface area contributed by atoms with Crippen LogP contribution in [0.1, 0.15) is 11.1 Å². The minimum atomic E-state index is -4.70. The van der Waals surface area contributed by atoms with Gasteiger partial charge in [0.25, 0.3) is 5.56 Å². The molecule has 3 rings (SSSR count). The molecule has 28 heavy (non-hydrogen) atoms. The summed E-state index contributed by atoms with van der Waals surface area (Å²) >= 11 is 0. The standard InChI is InChI=1S/C19H16F3N3O3/c1-28-13-8-6-12(7-9-13)11-24-17(26)10-16(23)25(18(24)27)15-5-3-2-4-14(15)19(20,21)22/h2-10H,11,23H2,1H3. The zero-order chi connectivity index (χ0) is 20.5. The number of rotatable bonds is 4. The van der Waals surface area contributed by atoms with Gasteiger partial charge in [0, 0.05) is 6.07 Å². The number of alkyl halides is 3. The van der Waals surface area contributed by atoms with Crippen LogP contribution in [0.4, 0.5) is 19.0 Å². The van der Waals surface area contributed by atoms with Gasteiger partial charge in [-0.2, -0.15) is 13.2 Å². The van der Waals surface area contributed by atoms with E-state index in [1.54, 1.807) is 24.3 Å². The highest BCUT2D eigenvalue weighted by Gasteiger charge is 2.34. The van der Waals surface area contributed by atoms with Crippen LogP contribution in [-0.2, 0) is 12.7 Å². The van der Waals surface area contributed by atoms with E-state index in [1.165, 1.54) is 19.2 Å². The topological polar surface area (TPSA) is 79.2 Å². The van der Waals surface area contributed by atoms with E-state index in [-0.39, 0.29) is 12.4 Å². The van der Waals surface area contributed by atoms with Crippen molar-refractivity contribution in [3.63, 3.8) is 0 Å². The molecule has 1 heterocycles. The monoisotopic (exact) mass is 391 g/mol. The quantitative estimate of drug-likeness (QED) is 0.742. The molecule has 2 aromatic carbocycles. The van der Waals surface area contributed by atoms with Crippen LogP contribution >= 0.6 is 0 Å². The summed E-state index contributed by atoms with van der Waals surface area (Å²) in [5.41, 5.74) is 3.19. The molecule has 0 bridgehead atoms. The molecule has 1 aromatic heterocycles. The Hall–Kier alpha value is -3.49. The van der Waals surface area contributed by atoms with Crippen molar-refractivity contribution in [2.75, 3.05) is 12.8 Å². The molecule has 0 spiro atoms. The average molecular weight is 391 g/mol. The zero-order valence-corrected chi connectivity index (χ0v) is 14.7. The summed E-state index contributed by atoms with van der Waals surface area (Å²) in [6.07, 6.45) is -4.70. The smallest absolute Gasteiger partial charge is 0.418 e. The number of para-hydroxylation sites is 1. The molecule has 3 aromatic rings. The molecule has 0 aliphatic heterocycles. The number of hydrogen-bond acceptors (Lipinski definition) is 4. The lowest BCUT2D eigenvalue weighted by atomic mass is 10.1. The van der Waals surface area contributed by atoms with Gasteiger partial charge in [-0.25, -0.2) is 9.36 Å². The van der Waals surface area contributed by atoms with Crippen molar-refractivity contribution in [1.29, 1.82) is 0 Å². The van der Waals surface area contributed by atoms with Gasteiger partial charge in [0.05, 0.1) is 24.9 Å². The maximum absolute atomic E-state index is 13.4. The van der Waals surface area contributed by atoms with Crippen LogP contribution in [0.3, 0.4) is 0 Å². The Balaban J connectivity index is 2.17. The average Bonchev–Trinajstić information content (AvgIpc) is 2.65. The SMILES string of the molecule is COc1ccc(Cn2c(=O)cc(N)n(-c3ccccc3C(F)(F)F)c2=O)cc1. The van der Waals surface area contributed by atoms with Gasteiger partial charge in [-0.3, -0.25) is 9.36 Å². The molecule has 0 saturated heterocycles. The fourth-order valence-corrected chi connectivity index (χ4v) is 2.80. The fourth-order valence-electron chi connectivity index (χ4n) is 2.80. The zero-order valence-electron chi connectivity index (χ0n) is 14.7. The first-order valence-corrected chi connectivity index (χ1v) is 8.14. The molecular weight excluding hydrogens is 375 g/mol. The second kappa shape index (κ2) is 7.26. The molecule has 146 valence electrons. The van der Waals surface area contributed by atoms with E-state index in [0.717, 1.165) is 22.8 Å². The first-order chi connectivity index (χ1) is 13.2. The van der Waals surface area contributed by atoms with Gasteiger partial charge in [0.1, 0.15) is 11.6 Å². The van der Waals surface area contributed by atoms with Crippen LogP contribution in [0.5, 0.6) is 5.75 Å². The number of nitrogens with two attached hydrogens (primary N) is 1. The minimum absolute atomic E-state index is 0.129. The highest BCUT2D eigenvalue weighted by Crippen LogP contribution is 2.33. The number of benzene rings is 2. The Morgan fingerprint density at radius 3 is 2.29 bits per heavy atom. The number of hydrogen-bond donors (Lipinski definition) is 1. The number of halogens is 3. The largest absolute Gasteiger partial charge is 0.497 e. The predicted octanol–water partition coefficient (Wildman–Crippen LogP) is 2.66. The predicted molar refractivity (Wildman–Crippen MR) is 97.8 cm³/mol. The molecule has 0 unspecified atom stereocenters. The molecule has 2 N–H and O–H groups in total. The van der Waals surface area contributed by atoms with Crippen molar-refractivity contribution in [3.8, 4) is 11.4 Å². The Labute approximate surface area is 157 Å². The van der Waals surface area contributed by atoms with Gasteiger partial charge in [-0.05, 0) is 29.8 Å². The van der Waals surface area contributed by atoms with Gasteiger partial charge in [0.15, 0.2) is 0 Å². The van der Waals surface area contributed by atoms with Crippen LogP contribution in [0.2, 0.25) is 0 Å². The van der Waals surface area contributed by atoms with Gasteiger partial charge >= 0.3 is 11.9 Å². The number of ether oxygens (including phenoxy) is 1. The van der Waals surface area contributed by atoms with E-state index in [2.05, 4.69) is 0 Å². The summed E-state index contributed by atoms with van der Waals surface area (Å²) < 4.78 is 46.6. The molecule has 0 amide bonds. The number of methoxy groups -OCH3 is 1. The Kier molecular flexibility index (Phi) is 5.00. The number of nitrogen functional groups attached to an aromatic ring is 1. The number of anilines is 1. The second-order valence-corrected chi connectivity index (χ2v) is 5.97. The highest BCUT2D eigenvalue weighted by atomic mass is 19.4. The van der Waals surface area contributed by atoms with Crippen LogP contribution in [0.25, 0.3) is 5.69 Å². The van der Waals surface area contributed by atoms with Crippen molar-refractivity contribution in [3.05, 3.63) is 86.6 Å².